The van der Waals surface area contributed by atoms with E-state index in [4.69, 9.17) is 10.5 Å². The largest absolute Gasteiger partial charge is 0.377 e. The van der Waals surface area contributed by atoms with Gasteiger partial charge < -0.3 is 15.4 Å². The first kappa shape index (κ1) is 11.4. The Hall–Kier alpha value is -1.13. The summed E-state index contributed by atoms with van der Waals surface area (Å²) in [5.74, 6) is -0.231. The first-order chi connectivity index (χ1) is 7.72. The van der Waals surface area contributed by atoms with E-state index >= 15 is 0 Å². The first-order valence-corrected chi connectivity index (χ1v) is 5.55. The molecule has 88 valence electrons. The molecule has 1 aromatic carbocycles. The van der Waals surface area contributed by atoms with E-state index in [1.807, 2.05) is 0 Å². The summed E-state index contributed by atoms with van der Waals surface area (Å²) in [6, 6.07) is 5.11. The number of anilines is 1. The number of morpholine rings is 1. The highest BCUT2D eigenvalue weighted by Gasteiger charge is 2.21. The van der Waals surface area contributed by atoms with Crippen LogP contribution in [0, 0.1) is 5.82 Å². The molecule has 0 bridgehead atoms. The van der Waals surface area contributed by atoms with E-state index in [1.54, 1.807) is 6.07 Å². The van der Waals surface area contributed by atoms with E-state index in [2.05, 4.69) is 11.8 Å². The van der Waals surface area contributed by atoms with E-state index in [-0.39, 0.29) is 5.82 Å². The summed E-state index contributed by atoms with van der Waals surface area (Å²) in [4.78, 5) is 2.23. The Balaban J connectivity index is 2.30. The topological polar surface area (TPSA) is 38.5 Å². The molecule has 0 aliphatic carbocycles. The summed E-state index contributed by atoms with van der Waals surface area (Å²) >= 11 is 0. The van der Waals surface area contributed by atoms with Gasteiger partial charge in [-0.2, -0.15) is 0 Å². The molecule has 1 aliphatic rings. The number of halogens is 1. The Morgan fingerprint density at radius 3 is 3.06 bits per heavy atom. The van der Waals surface area contributed by atoms with Gasteiger partial charge in [0.25, 0.3) is 0 Å². The minimum Gasteiger partial charge on any atom is -0.377 e. The van der Waals surface area contributed by atoms with E-state index in [9.17, 15) is 4.39 Å². The molecule has 1 unspecified atom stereocenters. The van der Waals surface area contributed by atoms with Crippen LogP contribution in [0.4, 0.5) is 10.1 Å². The van der Waals surface area contributed by atoms with E-state index in [0.717, 1.165) is 17.8 Å². The molecule has 1 fully saturated rings. The fourth-order valence-corrected chi connectivity index (χ4v) is 2.08. The summed E-state index contributed by atoms with van der Waals surface area (Å²) in [6.07, 6.45) is 0. The van der Waals surface area contributed by atoms with E-state index in [1.165, 1.54) is 12.1 Å². The maximum absolute atomic E-state index is 13.1. The van der Waals surface area contributed by atoms with Gasteiger partial charge in [-0.05, 0) is 30.7 Å². The van der Waals surface area contributed by atoms with Crippen LogP contribution in [0.2, 0.25) is 0 Å². The van der Waals surface area contributed by atoms with Crippen LogP contribution < -0.4 is 10.6 Å². The lowest BCUT2D eigenvalue weighted by molar-refractivity contribution is 0.0988. The van der Waals surface area contributed by atoms with Crippen molar-refractivity contribution < 1.29 is 9.13 Å². The van der Waals surface area contributed by atoms with Gasteiger partial charge in [0.15, 0.2) is 0 Å². The summed E-state index contributed by atoms with van der Waals surface area (Å²) in [6.45, 7) is 4.72. The standard InChI is InChI=1S/C12H17FN2O/c1-9-8-16-5-4-15(9)12-3-2-11(13)6-10(12)7-14/h2-3,6,9H,4-5,7-8,14H2,1H3. The molecule has 1 aliphatic heterocycles. The summed E-state index contributed by atoms with van der Waals surface area (Å²) in [7, 11) is 0. The zero-order chi connectivity index (χ0) is 11.5. The lowest BCUT2D eigenvalue weighted by atomic mass is 10.1. The average molecular weight is 224 g/mol. The molecule has 1 aromatic rings. The number of nitrogens with zero attached hydrogens (tertiary/aromatic N) is 1. The molecule has 16 heavy (non-hydrogen) atoms. The van der Waals surface area contributed by atoms with Crippen molar-refractivity contribution in [2.75, 3.05) is 24.7 Å². The number of hydrogen-bond acceptors (Lipinski definition) is 3. The number of hydrogen-bond donors (Lipinski definition) is 1. The molecule has 3 nitrogen and oxygen atoms in total. The smallest absolute Gasteiger partial charge is 0.123 e. The number of ether oxygens (including phenoxy) is 1. The van der Waals surface area contributed by atoms with Gasteiger partial charge in [0.1, 0.15) is 5.82 Å². The molecule has 0 saturated carbocycles. The minimum atomic E-state index is -0.231. The second-order valence-electron chi connectivity index (χ2n) is 4.09. The van der Waals surface area contributed by atoms with Gasteiger partial charge in [-0.3, -0.25) is 0 Å². The van der Waals surface area contributed by atoms with Crippen LogP contribution in [-0.4, -0.2) is 25.8 Å². The number of rotatable bonds is 2. The minimum absolute atomic E-state index is 0.231. The van der Waals surface area contributed by atoms with E-state index < -0.39 is 0 Å². The average Bonchev–Trinajstić information content (AvgIpc) is 2.30. The van der Waals surface area contributed by atoms with Crippen LogP contribution in [0.1, 0.15) is 12.5 Å². The van der Waals surface area contributed by atoms with Crippen LogP contribution in [-0.2, 0) is 11.3 Å². The molecule has 0 radical (unpaired) electrons. The highest BCUT2D eigenvalue weighted by Crippen LogP contribution is 2.24. The predicted molar refractivity (Wildman–Crippen MR) is 61.9 cm³/mol. The van der Waals surface area contributed by atoms with Crippen LogP contribution in [0.5, 0.6) is 0 Å². The van der Waals surface area contributed by atoms with Crippen molar-refractivity contribution in [1.82, 2.24) is 0 Å². The Bertz CT molecular complexity index is 370. The third kappa shape index (κ3) is 2.18. The zero-order valence-electron chi connectivity index (χ0n) is 9.45. The fourth-order valence-electron chi connectivity index (χ4n) is 2.08. The molecular weight excluding hydrogens is 207 g/mol. The Kier molecular flexibility index (Phi) is 3.41. The lowest BCUT2D eigenvalue weighted by Gasteiger charge is -2.36. The first-order valence-electron chi connectivity index (χ1n) is 5.55. The van der Waals surface area contributed by atoms with Gasteiger partial charge in [-0.1, -0.05) is 0 Å². The number of nitrogens with two attached hydrogens (primary N) is 1. The highest BCUT2D eigenvalue weighted by molar-refractivity contribution is 5.54. The van der Waals surface area contributed by atoms with Gasteiger partial charge in [0.05, 0.1) is 13.2 Å². The zero-order valence-corrected chi connectivity index (χ0v) is 9.45. The van der Waals surface area contributed by atoms with Gasteiger partial charge >= 0.3 is 0 Å². The molecule has 2 N–H and O–H groups in total. The molecule has 0 aromatic heterocycles. The summed E-state index contributed by atoms with van der Waals surface area (Å²) < 4.78 is 18.5. The maximum Gasteiger partial charge on any atom is 0.123 e. The molecular formula is C12H17FN2O. The van der Waals surface area contributed by atoms with Gasteiger partial charge in [0, 0.05) is 24.8 Å². The Morgan fingerprint density at radius 2 is 2.38 bits per heavy atom. The second-order valence-corrected chi connectivity index (χ2v) is 4.09. The van der Waals surface area contributed by atoms with Crippen LogP contribution in [0.15, 0.2) is 18.2 Å². The molecule has 0 spiro atoms. The third-order valence-electron chi connectivity index (χ3n) is 2.94. The molecule has 4 heteroatoms. The second kappa shape index (κ2) is 4.80. The van der Waals surface area contributed by atoms with Crippen molar-refractivity contribution in [3.05, 3.63) is 29.6 Å². The maximum atomic E-state index is 13.1. The van der Waals surface area contributed by atoms with Gasteiger partial charge in [-0.15, -0.1) is 0 Å². The summed E-state index contributed by atoms with van der Waals surface area (Å²) in [5.41, 5.74) is 7.53. The summed E-state index contributed by atoms with van der Waals surface area (Å²) in [5, 5.41) is 0. The molecule has 1 atom stereocenters. The predicted octanol–water partition coefficient (Wildman–Crippen LogP) is 1.51. The Labute approximate surface area is 95.0 Å². The van der Waals surface area contributed by atoms with Crippen molar-refractivity contribution in [1.29, 1.82) is 0 Å². The van der Waals surface area contributed by atoms with E-state index in [0.29, 0.717) is 25.8 Å². The lowest BCUT2D eigenvalue weighted by Crippen LogP contribution is -2.44. The van der Waals surface area contributed by atoms with Crippen molar-refractivity contribution in [2.24, 2.45) is 5.73 Å². The van der Waals surface area contributed by atoms with Crippen LogP contribution >= 0.6 is 0 Å². The van der Waals surface area contributed by atoms with Crippen LogP contribution in [0.3, 0.4) is 0 Å². The normalized spacial score (nSPS) is 21.2. The number of benzene rings is 1. The van der Waals surface area contributed by atoms with Crippen molar-refractivity contribution in [3.63, 3.8) is 0 Å². The molecule has 1 heterocycles. The monoisotopic (exact) mass is 224 g/mol. The molecule has 0 amide bonds. The highest BCUT2D eigenvalue weighted by atomic mass is 19.1. The van der Waals surface area contributed by atoms with Crippen molar-refractivity contribution in [2.45, 2.75) is 19.5 Å². The van der Waals surface area contributed by atoms with Gasteiger partial charge in [-0.25, -0.2) is 4.39 Å². The van der Waals surface area contributed by atoms with Crippen molar-refractivity contribution in [3.8, 4) is 0 Å². The fraction of sp³-hybridized carbons (Fsp3) is 0.500. The molecule has 2 rings (SSSR count). The molecule has 1 saturated heterocycles. The SMILES string of the molecule is CC1COCCN1c1ccc(F)cc1CN. The van der Waals surface area contributed by atoms with Crippen molar-refractivity contribution >= 4 is 5.69 Å². The third-order valence-corrected chi connectivity index (χ3v) is 2.94. The van der Waals surface area contributed by atoms with Crippen LogP contribution in [0.25, 0.3) is 0 Å². The quantitative estimate of drug-likeness (QED) is 0.827. The Morgan fingerprint density at radius 1 is 1.56 bits per heavy atom. The van der Waals surface area contributed by atoms with Gasteiger partial charge in [0.2, 0.25) is 0 Å².